The molecule has 0 saturated heterocycles. The van der Waals surface area contributed by atoms with E-state index < -0.39 is 21.9 Å². The van der Waals surface area contributed by atoms with Crippen LogP contribution >= 0.6 is 23.2 Å². The highest BCUT2D eigenvalue weighted by Gasteiger charge is 2.21. The van der Waals surface area contributed by atoms with E-state index >= 15 is 0 Å². The molecule has 0 radical (unpaired) electrons. The molecule has 1 atom stereocenters. The highest BCUT2D eigenvalue weighted by molar-refractivity contribution is 7.92. The smallest absolute Gasteiger partial charge is 0.258 e. The normalized spacial score (nSPS) is 12.6. The highest BCUT2D eigenvalue weighted by Crippen LogP contribution is 2.35. The maximum atomic E-state index is 13.9. The fourth-order valence-corrected chi connectivity index (χ4v) is 4.87. The second-order valence-corrected chi connectivity index (χ2v) is 10.4. The molecule has 3 N–H and O–H groups in total. The van der Waals surface area contributed by atoms with Crippen LogP contribution in [0.1, 0.15) is 18.6 Å². The highest BCUT2D eigenvalue weighted by atomic mass is 35.5. The summed E-state index contributed by atoms with van der Waals surface area (Å²) in [5, 5.41) is 0.0940. The van der Waals surface area contributed by atoms with Crippen LogP contribution in [0, 0.1) is 5.82 Å². The Labute approximate surface area is 207 Å². The lowest BCUT2D eigenvalue weighted by Gasteiger charge is -2.18. The number of benzene rings is 2. The molecule has 1 aromatic heterocycles. The second kappa shape index (κ2) is 10.7. The predicted molar refractivity (Wildman–Crippen MR) is 133 cm³/mol. The summed E-state index contributed by atoms with van der Waals surface area (Å²) in [6.07, 6.45) is 0.701. The number of ether oxygens (including phenoxy) is 1. The number of sulfonamides is 1. The topological polar surface area (TPSA) is 110 Å². The van der Waals surface area contributed by atoms with Crippen molar-refractivity contribution < 1.29 is 17.5 Å². The second-order valence-electron chi connectivity index (χ2n) is 7.76. The molecule has 1 heterocycles. The van der Waals surface area contributed by atoms with E-state index in [2.05, 4.69) is 14.7 Å². The fraction of sp³-hybridized carbons (Fsp3) is 0.273. The van der Waals surface area contributed by atoms with Gasteiger partial charge < -0.3 is 15.4 Å². The zero-order chi connectivity index (χ0) is 25.0. The number of nitrogens with two attached hydrogens (primary N) is 1. The first-order valence-electron chi connectivity index (χ1n) is 10.1. The van der Waals surface area contributed by atoms with Crippen LogP contribution in [-0.2, 0) is 10.0 Å². The van der Waals surface area contributed by atoms with Gasteiger partial charge in [-0.05, 0) is 45.3 Å². The third-order valence-electron chi connectivity index (χ3n) is 4.80. The molecule has 1 unspecified atom stereocenters. The average molecular weight is 528 g/mol. The molecule has 0 aliphatic rings. The predicted octanol–water partition coefficient (Wildman–Crippen LogP) is 4.62. The Morgan fingerprint density at radius 1 is 1.18 bits per heavy atom. The zero-order valence-electron chi connectivity index (χ0n) is 18.7. The maximum absolute atomic E-state index is 13.9. The van der Waals surface area contributed by atoms with Crippen molar-refractivity contribution in [1.82, 2.24) is 14.9 Å². The van der Waals surface area contributed by atoms with Gasteiger partial charge in [0.1, 0.15) is 11.9 Å². The average Bonchev–Trinajstić information content (AvgIpc) is 2.77. The van der Waals surface area contributed by atoms with E-state index in [0.717, 1.165) is 0 Å². The van der Waals surface area contributed by atoms with Crippen LogP contribution in [-0.4, -0.2) is 49.7 Å². The number of halogens is 3. The summed E-state index contributed by atoms with van der Waals surface area (Å²) < 4.78 is 46.6. The van der Waals surface area contributed by atoms with Crippen molar-refractivity contribution in [1.29, 1.82) is 0 Å². The van der Waals surface area contributed by atoms with Crippen LogP contribution in [0.25, 0.3) is 11.3 Å². The van der Waals surface area contributed by atoms with Crippen molar-refractivity contribution in [3.63, 3.8) is 0 Å². The van der Waals surface area contributed by atoms with Crippen molar-refractivity contribution in [2.45, 2.75) is 13.0 Å². The summed E-state index contributed by atoms with van der Waals surface area (Å²) >= 11 is 12.2. The molecule has 0 aliphatic heterocycles. The van der Waals surface area contributed by atoms with Gasteiger partial charge in [-0.25, -0.2) is 22.8 Å². The Hall–Kier alpha value is -2.66. The molecule has 34 heavy (non-hydrogen) atoms. The molecule has 182 valence electrons. The van der Waals surface area contributed by atoms with Gasteiger partial charge in [0.2, 0.25) is 10.0 Å². The fourth-order valence-electron chi connectivity index (χ4n) is 2.99. The Morgan fingerprint density at radius 2 is 1.85 bits per heavy atom. The number of nitrogens with zero attached hydrogens (tertiary/aromatic N) is 3. The number of rotatable bonds is 9. The minimum absolute atomic E-state index is 0.0230. The quantitative estimate of drug-likeness (QED) is 0.390. The Kier molecular flexibility index (Phi) is 8.19. The lowest BCUT2D eigenvalue weighted by atomic mass is 10.1. The number of aromatic nitrogens is 2. The first-order valence-corrected chi connectivity index (χ1v) is 12.6. The van der Waals surface area contributed by atoms with E-state index in [1.807, 2.05) is 0 Å². The molecule has 0 spiro atoms. The van der Waals surface area contributed by atoms with Crippen molar-refractivity contribution >= 4 is 44.7 Å². The van der Waals surface area contributed by atoms with E-state index in [1.165, 1.54) is 18.3 Å². The van der Waals surface area contributed by atoms with Crippen molar-refractivity contribution in [2.24, 2.45) is 0 Å². The number of hydrogen-bond donors (Lipinski definition) is 2. The van der Waals surface area contributed by atoms with E-state index in [1.54, 1.807) is 50.2 Å². The number of nitrogen functional groups attached to an aromatic ring is 1. The van der Waals surface area contributed by atoms with E-state index in [0.29, 0.717) is 23.5 Å². The van der Waals surface area contributed by atoms with Gasteiger partial charge in [-0.2, -0.15) is 0 Å². The van der Waals surface area contributed by atoms with Crippen molar-refractivity contribution in [2.75, 3.05) is 36.8 Å². The zero-order valence-corrected chi connectivity index (χ0v) is 21.0. The van der Waals surface area contributed by atoms with Gasteiger partial charge in [-0.3, -0.25) is 4.72 Å². The largest absolute Gasteiger partial charge is 0.467 e. The van der Waals surface area contributed by atoms with Crippen molar-refractivity contribution in [3.8, 4) is 17.1 Å². The molecular weight excluding hydrogens is 504 g/mol. The van der Waals surface area contributed by atoms with E-state index in [-0.39, 0.29) is 33.1 Å². The molecule has 0 aliphatic carbocycles. The van der Waals surface area contributed by atoms with E-state index in [4.69, 9.17) is 33.7 Å². The molecule has 8 nitrogen and oxygen atoms in total. The molecule has 12 heteroatoms. The van der Waals surface area contributed by atoms with Crippen LogP contribution in [0.4, 0.5) is 15.9 Å². The molecule has 0 saturated carbocycles. The Balaban J connectivity index is 1.79. The van der Waals surface area contributed by atoms with Gasteiger partial charge in [-0.15, -0.1) is 0 Å². The van der Waals surface area contributed by atoms with Crippen LogP contribution in [0.2, 0.25) is 10.0 Å². The first kappa shape index (κ1) is 26.0. The van der Waals surface area contributed by atoms with Gasteiger partial charge in [-0.1, -0.05) is 35.3 Å². The lowest BCUT2D eigenvalue weighted by molar-refractivity contribution is 0.218. The minimum Gasteiger partial charge on any atom is -0.467 e. The van der Waals surface area contributed by atoms with Crippen molar-refractivity contribution in [3.05, 3.63) is 64.0 Å². The van der Waals surface area contributed by atoms with Gasteiger partial charge in [0.05, 0.1) is 22.7 Å². The molecule has 3 aromatic rings. The molecule has 0 fully saturated rings. The standard InChI is InChI=1S/C22H24Cl2FN5O3S/c1-13(19-16(23)8-9-17(25)20(19)24)33-22-21(26)27-12-18(28-22)14-4-6-15(7-5-14)29-34(31,32)11-10-30(2)3/h4-9,12-13,29H,10-11H2,1-3H3,(H2,26,27). The van der Waals surface area contributed by atoms with E-state index in [9.17, 15) is 12.8 Å². The van der Waals surface area contributed by atoms with Gasteiger partial charge in [0.15, 0.2) is 5.82 Å². The summed E-state index contributed by atoms with van der Waals surface area (Å²) in [5.41, 5.74) is 7.71. The third-order valence-corrected chi connectivity index (χ3v) is 6.78. The van der Waals surface area contributed by atoms with Gasteiger partial charge in [0.25, 0.3) is 5.88 Å². The summed E-state index contributed by atoms with van der Waals surface area (Å²) in [6.45, 7) is 2.04. The monoisotopic (exact) mass is 527 g/mol. The molecule has 3 rings (SSSR count). The Morgan fingerprint density at radius 3 is 2.50 bits per heavy atom. The minimum atomic E-state index is -3.47. The number of anilines is 2. The summed E-state index contributed by atoms with van der Waals surface area (Å²) in [6, 6.07) is 9.18. The van der Waals surface area contributed by atoms with Crippen LogP contribution in [0.3, 0.4) is 0 Å². The molecule has 2 aromatic carbocycles. The Bertz CT molecular complexity index is 1270. The summed E-state index contributed by atoms with van der Waals surface area (Å²) in [4.78, 5) is 10.3. The summed E-state index contributed by atoms with van der Waals surface area (Å²) in [5.74, 6) is -0.593. The molecule has 0 amide bonds. The third kappa shape index (κ3) is 6.47. The maximum Gasteiger partial charge on any atom is 0.258 e. The van der Waals surface area contributed by atoms with Crippen LogP contribution in [0.15, 0.2) is 42.6 Å². The molecule has 0 bridgehead atoms. The van der Waals surface area contributed by atoms with Gasteiger partial charge in [0, 0.05) is 28.4 Å². The molecular formula is C22H24Cl2FN5O3S. The number of nitrogens with one attached hydrogen (secondary N) is 1. The first-order chi connectivity index (χ1) is 16.0. The van der Waals surface area contributed by atoms with Crippen LogP contribution in [0.5, 0.6) is 5.88 Å². The number of hydrogen-bond acceptors (Lipinski definition) is 7. The summed E-state index contributed by atoms with van der Waals surface area (Å²) in [7, 11) is 0.133. The SMILES string of the molecule is CC(Oc1nc(-c2ccc(NS(=O)(=O)CCN(C)C)cc2)cnc1N)c1c(Cl)ccc(F)c1Cl. The van der Waals surface area contributed by atoms with Crippen LogP contribution < -0.4 is 15.2 Å². The lowest BCUT2D eigenvalue weighted by Crippen LogP contribution is -2.26. The van der Waals surface area contributed by atoms with Gasteiger partial charge >= 0.3 is 0 Å².